The van der Waals surface area contributed by atoms with Gasteiger partial charge in [-0.15, -0.1) is 10.2 Å². The summed E-state index contributed by atoms with van der Waals surface area (Å²) in [5.74, 6) is 1.42. The van der Waals surface area contributed by atoms with Gasteiger partial charge in [-0.25, -0.2) is 0 Å². The Balaban J connectivity index is 1.34. The first-order valence-corrected chi connectivity index (χ1v) is 9.28. The van der Waals surface area contributed by atoms with Crippen LogP contribution in [0.25, 0.3) is 0 Å². The zero-order chi connectivity index (χ0) is 20.1. The molecule has 144 valence electrons. The van der Waals surface area contributed by atoms with Crippen LogP contribution in [0.4, 0.5) is 17.3 Å². The number of nitriles is 1. The van der Waals surface area contributed by atoms with Crippen LogP contribution in [0.2, 0.25) is 0 Å². The molecule has 0 saturated carbocycles. The SMILES string of the molecule is N#Cc1ccc(C(=O)N2CCN(c3ccc(Nc4cccnc4)nn3)CC2)cc1. The van der Waals surface area contributed by atoms with Gasteiger partial charge in [0.15, 0.2) is 11.6 Å². The minimum atomic E-state index is -0.0174. The van der Waals surface area contributed by atoms with Crippen molar-refractivity contribution in [3.05, 3.63) is 72.1 Å². The Hall–Kier alpha value is -3.99. The molecule has 0 bridgehead atoms. The zero-order valence-electron chi connectivity index (χ0n) is 15.7. The van der Waals surface area contributed by atoms with E-state index < -0.39 is 0 Å². The Bertz CT molecular complexity index is 1010. The fourth-order valence-electron chi connectivity index (χ4n) is 3.15. The lowest BCUT2D eigenvalue weighted by Crippen LogP contribution is -2.49. The van der Waals surface area contributed by atoms with Crippen molar-refractivity contribution in [3.63, 3.8) is 0 Å². The third kappa shape index (κ3) is 4.30. The molecule has 0 aliphatic carbocycles. The molecule has 1 fully saturated rings. The Morgan fingerprint density at radius 2 is 1.79 bits per heavy atom. The van der Waals surface area contributed by atoms with Crippen LogP contribution in [0.3, 0.4) is 0 Å². The van der Waals surface area contributed by atoms with Crippen LogP contribution in [-0.4, -0.2) is 52.2 Å². The summed E-state index contributed by atoms with van der Waals surface area (Å²) in [6.45, 7) is 2.59. The first kappa shape index (κ1) is 18.4. The van der Waals surface area contributed by atoms with E-state index in [4.69, 9.17) is 5.26 Å². The number of amides is 1. The number of anilines is 3. The maximum atomic E-state index is 12.6. The van der Waals surface area contributed by atoms with Gasteiger partial charge in [0.1, 0.15) is 0 Å². The maximum Gasteiger partial charge on any atom is 0.253 e. The number of rotatable bonds is 4. The van der Waals surface area contributed by atoms with Gasteiger partial charge in [-0.3, -0.25) is 9.78 Å². The van der Waals surface area contributed by atoms with Crippen molar-refractivity contribution in [1.82, 2.24) is 20.1 Å². The van der Waals surface area contributed by atoms with Gasteiger partial charge < -0.3 is 15.1 Å². The van der Waals surface area contributed by atoms with Gasteiger partial charge in [-0.2, -0.15) is 5.26 Å². The molecule has 0 unspecified atom stereocenters. The molecule has 0 atom stereocenters. The fraction of sp³-hybridized carbons (Fsp3) is 0.190. The summed E-state index contributed by atoms with van der Waals surface area (Å²) in [6, 6.07) is 16.4. The summed E-state index contributed by atoms with van der Waals surface area (Å²) in [5, 5.41) is 20.6. The standard InChI is InChI=1S/C21H19N7O/c22-14-16-3-5-17(6-4-16)21(29)28-12-10-27(11-13-28)20-8-7-19(25-26-20)24-18-2-1-9-23-15-18/h1-9,15H,10-13H2,(H,24,25). The molecule has 3 aromatic rings. The van der Waals surface area contributed by atoms with Gasteiger partial charge in [-0.05, 0) is 48.5 Å². The molecule has 29 heavy (non-hydrogen) atoms. The average molecular weight is 385 g/mol. The van der Waals surface area contributed by atoms with Crippen molar-refractivity contribution in [2.75, 3.05) is 36.4 Å². The quantitative estimate of drug-likeness (QED) is 0.736. The molecule has 8 nitrogen and oxygen atoms in total. The lowest BCUT2D eigenvalue weighted by Gasteiger charge is -2.35. The Labute approximate surface area is 168 Å². The smallest absolute Gasteiger partial charge is 0.253 e. The number of hydrogen-bond donors (Lipinski definition) is 1. The average Bonchev–Trinajstić information content (AvgIpc) is 2.80. The molecule has 1 aliphatic heterocycles. The molecule has 1 N–H and O–H groups in total. The van der Waals surface area contributed by atoms with Crippen LogP contribution < -0.4 is 10.2 Å². The van der Waals surface area contributed by atoms with Crippen molar-refractivity contribution in [2.45, 2.75) is 0 Å². The number of aromatic nitrogens is 3. The summed E-state index contributed by atoms with van der Waals surface area (Å²) in [4.78, 5) is 20.6. The molecule has 2 aromatic heterocycles. The molecular formula is C21H19N7O. The van der Waals surface area contributed by atoms with E-state index >= 15 is 0 Å². The third-order valence-corrected chi connectivity index (χ3v) is 4.74. The van der Waals surface area contributed by atoms with Crippen molar-refractivity contribution >= 4 is 23.2 Å². The van der Waals surface area contributed by atoms with E-state index in [0.29, 0.717) is 43.1 Å². The van der Waals surface area contributed by atoms with E-state index in [9.17, 15) is 4.79 Å². The van der Waals surface area contributed by atoms with E-state index in [-0.39, 0.29) is 5.91 Å². The number of nitrogens with one attached hydrogen (secondary N) is 1. The Morgan fingerprint density at radius 1 is 1.00 bits per heavy atom. The summed E-state index contributed by atoms with van der Waals surface area (Å²) >= 11 is 0. The number of carbonyl (C=O) groups is 1. The number of piperazine rings is 1. The lowest BCUT2D eigenvalue weighted by atomic mass is 10.1. The molecule has 4 rings (SSSR count). The Morgan fingerprint density at radius 3 is 2.41 bits per heavy atom. The normalized spacial score (nSPS) is 13.6. The largest absolute Gasteiger partial charge is 0.352 e. The molecule has 8 heteroatoms. The van der Waals surface area contributed by atoms with Crippen LogP contribution >= 0.6 is 0 Å². The summed E-state index contributed by atoms with van der Waals surface area (Å²) in [5.41, 5.74) is 2.00. The Kier molecular flexibility index (Phi) is 5.29. The summed E-state index contributed by atoms with van der Waals surface area (Å²) in [7, 11) is 0. The molecule has 0 spiro atoms. The molecule has 3 heterocycles. The second-order valence-corrected chi connectivity index (χ2v) is 6.61. The second kappa shape index (κ2) is 8.35. The van der Waals surface area contributed by atoms with Crippen LogP contribution in [0.1, 0.15) is 15.9 Å². The highest BCUT2D eigenvalue weighted by Gasteiger charge is 2.23. The lowest BCUT2D eigenvalue weighted by molar-refractivity contribution is 0.0746. The summed E-state index contributed by atoms with van der Waals surface area (Å²) in [6.07, 6.45) is 3.44. The van der Waals surface area contributed by atoms with Gasteiger partial charge in [0.2, 0.25) is 0 Å². The monoisotopic (exact) mass is 385 g/mol. The van der Waals surface area contributed by atoms with Gasteiger partial charge in [0, 0.05) is 37.9 Å². The van der Waals surface area contributed by atoms with Crippen molar-refractivity contribution in [2.24, 2.45) is 0 Å². The highest BCUT2D eigenvalue weighted by atomic mass is 16.2. The zero-order valence-corrected chi connectivity index (χ0v) is 15.7. The molecule has 1 aromatic carbocycles. The minimum absolute atomic E-state index is 0.0174. The minimum Gasteiger partial charge on any atom is -0.352 e. The van der Waals surface area contributed by atoms with Gasteiger partial charge in [0.25, 0.3) is 5.91 Å². The molecule has 1 amide bonds. The van der Waals surface area contributed by atoms with Crippen molar-refractivity contribution < 1.29 is 4.79 Å². The highest BCUT2D eigenvalue weighted by Crippen LogP contribution is 2.18. The predicted molar refractivity (Wildman–Crippen MR) is 109 cm³/mol. The van der Waals surface area contributed by atoms with Crippen LogP contribution in [0.15, 0.2) is 60.9 Å². The van der Waals surface area contributed by atoms with Crippen molar-refractivity contribution in [1.29, 1.82) is 5.26 Å². The molecule has 1 saturated heterocycles. The van der Waals surface area contributed by atoms with Crippen molar-refractivity contribution in [3.8, 4) is 6.07 Å². The topological polar surface area (TPSA) is 98.0 Å². The molecule has 1 aliphatic rings. The first-order chi connectivity index (χ1) is 14.2. The van der Waals surface area contributed by atoms with Gasteiger partial charge in [0.05, 0.1) is 23.5 Å². The predicted octanol–water partition coefficient (Wildman–Crippen LogP) is 2.45. The molecule has 0 radical (unpaired) electrons. The number of pyridine rings is 1. The van der Waals surface area contributed by atoms with E-state index in [1.54, 1.807) is 36.7 Å². The van der Waals surface area contributed by atoms with Gasteiger partial charge in [-0.1, -0.05) is 0 Å². The number of nitrogens with zero attached hydrogens (tertiary/aromatic N) is 6. The summed E-state index contributed by atoms with van der Waals surface area (Å²) < 4.78 is 0. The van der Waals surface area contributed by atoms with Crippen LogP contribution in [0.5, 0.6) is 0 Å². The number of hydrogen-bond acceptors (Lipinski definition) is 7. The van der Waals surface area contributed by atoms with E-state index in [0.717, 1.165) is 11.5 Å². The first-order valence-electron chi connectivity index (χ1n) is 9.28. The highest BCUT2D eigenvalue weighted by molar-refractivity contribution is 5.94. The van der Waals surface area contributed by atoms with Crippen LogP contribution in [0, 0.1) is 11.3 Å². The van der Waals surface area contributed by atoms with Gasteiger partial charge >= 0.3 is 0 Å². The van der Waals surface area contributed by atoms with E-state index in [1.165, 1.54) is 0 Å². The number of carbonyl (C=O) groups excluding carboxylic acids is 1. The van der Waals surface area contributed by atoms with E-state index in [1.807, 2.05) is 29.2 Å². The number of benzene rings is 1. The molecular weight excluding hydrogens is 366 g/mol. The fourth-order valence-corrected chi connectivity index (χ4v) is 3.15. The van der Waals surface area contributed by atoms with E-state index in [2.05, 4.69) is 31.5 Å². The third-order valence-electron chi connectivity index (χ3n) is 4.74. The second-order valence-electron chi connectivity index (χ2n) is 6.61. The van der Waals surface area contributed by atoms with Crippen LogP contribution in [-0.2, 0) is 0 Å². The maximum absolute atomic E-state index is 12.6.